The minimum absolute atomic E-state index is 0.0411. The van der Waals surface area contributed by atoms with Crippen LogP contribution in [0.2, 0.25) is 0 Å². The number of benzene rings is 1. The van der Waals surface area contributed by atoms with Crippen molar-refractivity contribution in [2.45, 2.75) is 12.2 Å². The molecule has 2 atom stereocenters. The van der Waals surface area contributed by atoms with Gasteiger partial charge in [-0.2, -0.15) is 0 Å². The molecular weight excluding hydrogens is 317 g/mol. The summed E-state index contributed by atoms with van der Waals surface area (Å²) in [6, 6.07) is 8.12. The molecule has 0 aliphatic carbocycles. The van der Waals surface area contributed by atoms with E-state index in [1.54, 1.807) is 0 Å². The molecule has 1 aromatic rings. The molecule has 1 fully saturated rings. The second kappa shape index (κ2) is 6.19. The Kier molecular flexibility index (Phi) is 4.85. The van der Waals surface area contributed by atoms with E-state index in [0.717, 1.165) is 11.4 Å². The number of amides is 1. The van der Waals surface area contributed by atoms with Crippen LogP contribution in [-0.2, 0) is 4.79 Å². The number of aliphatic hydroxyl groups is 1. The van der Waals surface area contributed by atoms with Gasteiger partial charge in [-0.15, -0.1) is 0 Å². The van der Waals surface area contributed by atoms with E-state index in [2.05, 4.69) is 17.4 Å². The molecule has 2 N–H and O–H groups in total. The molecule has 1 amide bonds. The zero-order valence-corrected chi connectivity index (χ0v) is 12.9. The zero-order chi connectivity index (χ0) is 12.3. The number of aliphatic hydroxyl groups excluding tert-OH is 1. The standard InChI is InChI=1S/C11H14AsNO2S2/c1-8(15)13-10-4-2-9(3-5-10)12-16-7-11(6-14)17-12/h2-5,11,14H,6-7H2,1H3,(H,13,15). The van der Waals surface area contributed by atoms with Crippen LogP contribution in [0.1, 0.15) is 6.92 Å². The van der Waals surface area contributed by atoms with Gasteiger partial charge in [-0.1, -0.05) is 0 Å². The van der Waals surface area contributed by atoms with Crippen molar-refractivity contribution in [3.05, 3.63) is 24.3 Å². The Labute approximate surface area is 112 Å². The van der Waals surface area contributed by atoms with E-state index in [1.165, 1.54) is 11.3 Å². The van der Waals surface area contributed by atoms with Crippen LogP contribution in [0, 0.1) is 0 Å². The number of nitrogens with one attached hydrogen (secondary N) is 1. The van der Waals surface area contributed by atoms with Gasteiger partial charge in [-0.25, -0.2) is 0 Å². The van der Waals surface area contributed by atoms with Gasteiger partial charge in [-0.3, -0.25) is 0 Å². The second-order valence-electron chi connectivity index (χ2n) is 3.69. The molecule has 2 unspecified atom stereocenters. The first kappa shape index (κ1) is 13.3. The summed E-state index contributed by atoms with van der Waals surface area (Å²) in [6.07, 6.45) is 0. The normalized spacial score (nSPS) is 23.6. The molecule has 0 saturated carbocycles. The Morgan fingerprint density at radius 2 is 2.24 bits per heavy atom. The van der Waals surface area contributed by atoms with Crippen molar-refractivity contribution in [3.63, 3.8) is 0 Å². The third-order valence-corrected chi connectivity index (χ3v) is 16.2. The van der Waals surface area contributed by atoms with E-state index in [1.807, 2.05) is 32.2 Å². The molecular formula is C11H14AsNO2S2. The quantitative estimate of drug-likeness (QED) is 0.817. The summed E-state index contributed by atoms with van der Waals surface area (Å²) in [7, 11) is 3.96. The van der Waals surface area contributed by atoms with Crippen LogP contribution in [0.5, 0.6) is 0 Å². The average molecular weight is 331 g/mol. The Bertz CT molecular complexity index is 399. The topological polar surface area (TPSA) is 49.3 Å². The first-order valence-electron chi connectivity index (χ1n) is 5.27. The summed E-state index contributed by atoms with van der Waals surface area (Å²) in [5.41, 5.74) is 0.850. The van der Waals surface area contributed by atoms with Gasteiger partial charge in [0.25, 0.3) is 0 Å². The third kappa shape index (κ3) is 3.68. The zero-order valence-electron chi connectivity index (χ0n) is 9.42. The fourth-order valence-corrected chi connectivity index (χ4v) is 16.8. The summed E-state index contributed by atoms with van der Waals surface area (Å²) in [5.74, 6) is 1.02. The SMILES string of the molecule is CC(=O)Nc1ccc([As]2SCC(CO)S2)cc1. The van der Waals surface area contributed by atoms with Crippen molar-refractivity contribution in [2.24, 2.45) is 0 Å². The molecule has 0 aromatic heterocycles. The van der Waals surface area contributed by atoms with Crippen molar-refractivity contribution in [2.75, 3.05) is 17.7 Å². The number of hydrogen-bond donors (Lipinski definition) is 2. The van der Waals surface area contributed by atoms with Crippen molar-refractivity contribution in [3.8, 4) is 0 Å². The fraction of sp³-hybridized carbons (Fsp3) is 0.364. The van der Waals surface area contributed by atoms with E-state index in [4.69, 9.17) is 5.11 Å². The third-order valence-electron chi connectivity index (χ3n) is 2.22. The van der Waals surface area contributed by atoms with E-state index >= 15 is 0 Å². The molecule has 1 aliphatic heterocycles. The summed E-state index contributed by atoms with van der Waals surface area (Å²) in [4.78, 5) is 10.9. The van der Waals surface area contributed by atoms with Crippen molar-refractivity contribution in [1.29, 1.82) is 0 Å². The number of rotatable bonds is 3. The summed E-state index contributed by atoms with van der Waals surface area (Å²) >= 11 is -1.08. The van der Waals surface area contributed by atoms with Gasteiger partial charge in [0.1, 0.15) is 0 Å². The van der Waals surface area contributed by atoms with E-state index < -0.39 is 12.3 Å². The van der Waals surface area contributed by atoms with Gasteiger partial charge in [0, 0.05) is 0 Å². The predicted octanol–water partition coefficient (Wildman–Crippen LogP) is 1.18. The van der Waals surface area contributed by atoms with Gasteiger partial charge in [0.2, 0.25) is 0 Å². The summed E-state index contributed by atoms with van der Waals surface area (Å²) < 4.78 is 1.39. The molecule has 0 radical (unpaired) electrons. The molecule has 17 heavy (non-hydrogen) atoms. The van der Waals surface area contributed by atoms with Crippen molar-refractivity contribution >= 4 is 48.3 Å². The fourth-order valence-electron chi connectivity index (χ4n) is 1.44. The molecule has 2 rings (SSSR count). The monoisotopic (exact) mass is 331 g/mol. The van der Waals surface area contributed by atoms with Gasteiger partial charge in [0.15, 0.2) is 0 Å². The maximum absolute atomic E-state index is 10.9. The Morgan fingerprint density at radius 1 is 1.53 bits per heavy atom. The molecule has 1 saturated heterocycles. The van der Waals surface area contributed by atoms with Gasteiger partial charge < -0.3 is 0 Å². The second-order valence-corrected chi connectivity index (χ2v) is 15.3. The van der Waals surface area contributed by atoms with Crippen LogP contribution in [0.25, 0.3) is 0 Å². The van der Waals surface area contributed by atoms with E-state index in [0.29, 0.717) is 5.25 Å². The molecule has 1 heterocycles. The maximum atomic E-state index is 10.9. The molecule has 0 bridgehead atoms. The minimum atomic E-state index is -1.08. The Morgan fingerprint density at radius 3 is 2.76 bits per heavy atom. The van der Waals surface area contributed by atoms with Crippen LogP contribution in [0.4, 0.5) is 5.69 Å². The van der Waals surface area contributed by atoms with E-state index in [-0.39, 0.29) is 12.5 Å². The van der Waals surface area contributed by atoms with Gasteiger partial charge in [0.05, 0.1) is 0 Å². The first-order chi connectivity index (χ1) is 8.19. The number of carbonyl (C=O) groups is 1. The Hall–Kier alpha value is -0.0916. The van der Waals surface area contributed by atoms with Crippen LogP contribution < -0.4 is 9.67 Å². The van der Waals surface area contributed by atoms with Crippen LogP contribution in [-0.4, -0.2) is 41.0 Å². The van der Waals surface area contributed by atoms with Gasteiger partial charge >= 0.3 is 112 Å². The first-order valence-corrected chi connectivity index (χ1v) is 12.6. The number of anilines is 1. The molecule has 0 spiro atoms. The van der Waals surface area contributed by atoms with Crippen LogP contribution in [0.15, 0.2) is 24.3 Å². The number of carbonyl (C=O) groups excluding carboxylic acids is 1. The van der Waals surface area contributed by atoms with Crippen LogP contribution >= 0.6 is 20.0 Å². The van der Waals surface area contributed by atoms with E-state index in [9.17, 15) is 4.79 Å². The summed E-state index contributed by atoms with van der Waals surface area (Å²) in [6.45, 7) is 1.80. The molecule has 92 valence electrons. The summed E-state index contributed by atoms with van der Waals surface area (Å²) in [5, 5.41) is 12.3. The molecule has 1 aliphatic rings. The van der Waals surface area contributed by atoms with Gasteiger partial charge in [-0.05, 0) is 0 Å². The van der Waals surface area contributed by atoms with Crippen molar-refractivity contribution < 1.29 is 9.90 Å². The molecule has 6 heteroatoms. The molecule has 3 nitrogen and oxygen atoms in total. The number of hydrogen-bond acceptors (Lipinski definition) is 4. The predicted molar refractivity (Wildman–Crippen MR) is 77.1 cm³/mol. The Balaban J connectivity index is 2.01. The van der Waals surface area contributed by atoms with Crippen molar-refractivity contribution in [1.82, 2.24) is 0 Å². The average Bonchev–Trinajstić information content (AvgIpc) is 2.78. The van der Waals surface area contributed by atoms with Crippen LogP contribution in [0.3, 0.4) is 0 Å². The molecule has 1 aromatic carbocycles.